The highest BCUT2D eigenvalue weighted by atomic mass is 15.2. The van der Waals surface area contributed by atoms with Gasteiger partial charge in [-0.1, -0.05) is 27.7 Å². The summed E-state index contributed by atoms with van der Waals surface area (Å²) in [4.78, 5) is 2.64. The molecule has 0 aliphatic carbocycles. The number of nitrogens with zero attached hydrogens (tertiary/aromatic N) is 1. The summed E-state index contributed by atoms with van der Waals surface area (Å²) in [5, 5.41) is 3.47. The molecule has 0 amide bonds. The Morgan fingerprint density at radius 2 is 1.94 bits per heavy atom. The molecule has 16 heavy (non-hydrogen) atoms. The van der Waals surface area contributed by atoms with Gasteiger partial charge in [0.1, 0.15) is 0 Å². The van der Waals surface area contributed by atoms with E-state index < -0.39 is 0 Å². The van der Waals surface area contributed by atoms with Gasteiger partial charge in [-0.05, 0) is 44.2 Å². The Labute approximate surface area is 102 Å². The lowest BCUT2D eigenvalue weighted by Crippen LogP contribution is -2.49. The van der Waals surface area contributed by atoms with Crippen LogP contribution >= 0.6 is 0 Å². The third-order valence-electron chi connectivity index (χ3n) is 3.46. The third-order valence-corrected chi connectivity index (χ3v) is 3.46. The van der Waals surface area contributed by atoms with Crippen molar-refractivity contribution in [3.63, 3.8) is 0 Å². The van der Waals surface area contributed by atoms with Crippen LogP contribution in [0.2, 0.25) is 0 Å². The number of likely N-dealkylation sites (N-methyl/N-ethyl adjacent to an activating group) is 1. The summed E-state index contributed by atoms with van der Waals surface area (Å²) in [5.74, 6) is 0.873. The summed E-state index contributed by atoms with van der Waals surface area (Å²) in [6, 6.07) is 0.702. The van der Waals surface area contributed by atoms with Gasteiger partial charge in [0.2, 0.25) is 0 Å². The Hall–Kier alpha value is -0.0800. The van der Waals surface area contributed by atoms with Crippen molar-refractivity contribution >= 4 is 0 Å². The molecule has 1 aliphatic heterocycles. The van der Waals surface area contributed by atoms with Crippen molar-refractivity contribution in [1.29, 1.82) is 0 Å². The minimum atomic E-state index is 0.470. The van der Waals surface area contributed by atoms with Crippen LogP contribution in [0, 0.1) is 11.3 Å². The molecular weight excluding hydrogens is 196 g/mol. The van der Waals surface area contributed by atoms with Crippen LogP contribution in [0.25, 0.3) is 0 Å². The molecular formula is C14H30N2. The van der Waals surface area contributed by atoms with Crippen LogP contribution in [0.4, 0.5) is 0 Å². The lowest BCUT2D eigenvalue weighted by molar-refractivity contribution is 0.117. The molecule has 1 heterocycles. The van der Waals surface area contributed by atoms with E-state index in [1.807, 2.05) is 0 Å². The molecule has 1 rings (SSSR count). The van der Waals surface area contributed by atoms with Crippen LogP contribution in [-0.2, 0) is 0 Å². The lowest BCUT2D eigenvalue weighted by Gasteiger charge is -2.40. The van der Waals surface area contributed by atoms with Gasteiger partial charge in [-0.25, -0.2) is 0 Å². The van der Waals surface area contributed by atoms with E-state index in [0.717, 1.165) is 5.92 Å². The molecule has 1 saturated heterocycles. The number of likely N-dealkylation sites (tertiary alicyclic amines) is 1. The zero-order chi connectivity index (χ0) is 12.2. The van der Waals surface area contributed by atoms with Crippen molar-refractivity contribution in [2.45, 2.75) is 53.0 Å². The first-order chi connectivity index (χ1) is 7.44. The molecule has 0 radical (unpaired) electrons. The summed E-state index contributed by atoms with van der Waals surface area (Å²) in [6.45, 7) is 13.2. The second-order valence-electron chi connectivity index (χ2n) is 6.61. The van der Waals surface area contributed by atoms with E-state index in [1.165, 1.54) is 38.9 Å². The molecule has 1 aliphatic rings. The largest absolute Gasteiger partial charge is 0.316 e. The molecule has 0 spiro atoms. The van der Waals surface area contributed by atoms with Crippen molar-refractivity contribution in [1.82, 2.24) is 10.2 Å². The van der Waals surface area contributed by atoms with Gasteiger partial charge in [-0.3, -0.25) is 0 Å². The van der Waals surface area contributed by atoms with Crippen molar-refractivity contribution < 1.29 is 0 Å². The van der Waals surface area contributed by atoms with E-state index in [2.05, 4.69) is 45.0 Å². The van der Waals surface area contributed by atoms with Crippen molar-refractivity contribution in [2.75, 3.05) is 26.7 Å². The Bertz CT molecular complexity index is 195. The van der Waals surface area contributed by atoms with E-state index in [-0.39, 0.29) is 0 Å². The Kier molecular flexibility index (Phi) is 5.26. The van der Waals surface area contributed by atoms with Crippen LogP contribution in [0.5, 0.6) is 0 Å². The minimum Gasteiger partial charge on any atom is -0.316 e. The van der Waals surface area contributed by atoms with E-state index >= 15 is 0 Å². The van der Waals surface area contributed by atoms with Gasteiger partial charge in [0.05, 0.1) is 0 Å². The Balaban J connectivity index is 2.50. The molecule has 0 saturated carbocycles. The summed E-state index contributed by atoms with van der Waals surface area (Å²) in [7, 11) is 2.11. The first-order valence-electron chi connectivity index (χ1n) is 6.84. The van der Waals surface area contributed by atoms with Crippen molar-refractivity contribution in [3.05, 3.63) is 0 Å². The number of hydrogen-bond donors (Lipinski definition) is 1. The van der Waals surface area contributed by atoms with Crippen LogP contribution in [0.15, 0.2) is 0 Å². The van der Waals surface area contributed by atoms with Gasteiger partial charge in [0.25, 0.3) is 0 Å². The van der Waals surface area contributed by atoms with Crippen molar-refractivity contribution in [2.24, 2.45) is 11.3 Å². The second-order valence-corrected chi connectivity index (χ2v) is 6.61. The molecule has 2 unspecified atom stereocenters. The number of hydrogen-bond acceptors (Lipinski definition) is 2. The second kappa shape index (κ2) is 6.02. The van der Waals surface area contributed by atoms with Gasteiger partial charge in [-0.15, -0.1) is 0 Å². The van der Waals surface area contributed by atoms with E-state index in [4.69, 9.17) is 0 Å². The van der Waals surface area contributed by atoms with Crippen molar-refractivity contribution in [3.8, 4) is 0 Å². The molecule has 1 fully saturated rings. The molecule has 2 nitrogen and oxygen atoms in total. The Morgan fingerprint density at radius 1 is 1.25 bits per heavy atom. The summed E-state index contributed by atoms with van der Waals surface area (Å²) >= 11 is 0. The van der Waals surface area contributed by atoms with Crippen LogP contribution in [-0.4, -0.2) is 37.6 Å². The van der Waals surface area contributed by atoms with E-state index in [1.54, 1.807) is 0 Å². The average molecular weight is 226 g/mol. The van der Waals surface area contributed by atoms with Crippen LogP contribution in [0.1, 0.15) is 47.0 Å². The monoisotopic (exact) mass is 226 g/mol. The smallest absolute Gasteiger partial charge is 0.0195 e. The van der Waals surface area contributed by atoms with Gasteiger partial charge in [-0.2, -0.15) is 0 Å². The molecule has 0 aromatic rings. The number of nitrogens with one attached hydrogen (secondary N) is 1. The number of piperidine rings is 1. The Morgan fingerprint density at radius 3 is 2.44 bits per heavy atom. The molecule has 2 heteroatoms. The van der Waals surface area contributed by atoms with Gasteiger partial charge in [0, 0.05) is 19.1 Å². The maximum atomic E-state index is 3.47. The first kappa shape index (κ1) is 14.0. The molecule has 96 valence electrons. The predicted octanol–water partition coefficient (Wildman–Crippen LogP) is 2.74. The maximum Gasteiger partial charge on any atom is 0.0195 e. The highest BCUT2D eigenvalue weighted by Gasteiger charge is 2.28. The third kappa shape index (κ3) is 4.84. The quantitative estimate of drug-likeness (QED) is 0.793. The normalized spacial score (nSPS) is 28.3. The topological polar surface area (TPSA) is 15.3 Å². The molecule has 1 N–H and O–H groups in total. The van der Waals surface area contributed by atoms with Gasteiger partial charge >= 0.3 is 0 Å². The van der Waals surface area contributed by atoms with Gasteiger partial charge < -0.3 is 10.2 Å². The fraction of sp³-hybridized carbons (Fsp3) is 1.00. The fourth-order valence-electron chi connectivity index (χ4n) is 3.02. The SMILES string of the molecule is CCCN1CC(CC(C)(C)C)CC(NC)C1. The zero-order valence-corrected chi connectivity index (χ0v) is 11.8. The summed E-state index contributed by atoms with van der Waals surface area (Å²) < 4.78 is 0. The maximum absolute atomic E-state index is 3.47. The van der Waals surface area contributed by atoms with E-state index in [0.29, 0.717) is 11.5 Å². The zero-order valence-electron chi connectivity index (χ0n) is 11.8. The predicted molar refractivity (Wildman–Crippen MR) is 71.8 cm³/mol. The highest BCUT2D eigenvalue weighted by Crippen LogP contribution is 2.30. The summed E-state index contributed by atoms with van der Waals surface area (Å²) in [5.41, 5.74) is 0.470. The van der Waals surface area contributed by atoms with Gasteiger partial charge in [0.15, 0.2) is 0 Å². The molecule has 0 bridgehead atoms. The lowest BCUT2D eigenvalue weighted by atomic mass is 9.80. The molecule has 0 aromatic carbocycles. The standard InChI is InChI=1S/C14H30N2/c1-6-7-16-10-12(9-14(2,3)4)8-13(11-16)15-5/h12-13,15H,6-11H2,1-5H3. The molecule has 0 aromatic heterocycles. The van der Waals surface area contributed by atoms with Crippen LogP contribution in [0.3, 0.4) is 0 Å². The fourth-order valence-corrected chi connectivity index (χ4v) is 3.02. The van der Waals surface area contributed by atoms with Crippen LogP contribution < -0.4 is 5.32 Å². The first-order valence-corrected chi connectivity index (χ1v) is 6.84. The average Bonchev–Trinajstić information content (AvgIpc) is 2.15. The summed E-state index contributed by atoms with van der Waals surface area (Å²) in [6.07, 6.45) is 3.98. The van der Waals surface area contributed by atoms with E-state index in [9.17, 15) is 0 Å². The molecule has 2 atom stereocenters. The minimum absolute atomic E-state index is 0.470. The number of rotatable bonds is 4. The highest BCUT2D eigenvalue weighted by molar-refractivity contribution is 4.84.